The summed E-state index contributed by atoms with van der Waals surface area (Å²) in [5.74, 6) is 0.407. The molecule has 0 aliphatic rings. The van der Waals surface area contributed by atoms with Crippen molar-refractivity contribution in [2.75, 3.05) is 6.61 Å². The number of phenolic OH excluding ortho intramolecular Hbond substituents is 1. The molecule has 0 fully saturated rings. The summed E-state index contributed by atoms with van der Waals surface area (Å²) in [6.45, 7) is 8.75. The predicted octanol–water partition coefficient (Wildman–Crippen LogP) is 5.08. The topological polar surface area (TPSA) is 72.5 Å². The zero-order valence-corrected chi connectivity index (χ0v) is 15.8. The Bertz CT molecular complexity index is 453. The van der Waals surface area contributed by atoms with E-state index in [0.717, 1.165) is 0 Å². The van der Waals surface area contributed by atoms with E-state index < -0.39 is 0 Å². The van der Waals surface area contributed by atoms with Crippen LogP contribution in [0.5, 0.6) is 11.5 Å². The molecule has 0 saturated heterocycles. The average Bonchev–Trinajstić information content (AvgIpc) is 2.53. The maximum atomic E-state index is 10.3. The molecular weight excluding hydrogens is 302 g/mol. The number of aldehydes is 1. The zero-order valence-electron chi connectivity index (χ0n) is 15.8. The van der Waals surface area contributed by atoms with Gasteiger partial charge in [-0.2, -0.15) is 0 Å². The summed E-state index contributed by atoms with van der Waals surface area (Å²) in [6, 6.07) is 4.48. The van der Waals surface area contributed by atoms with Gasteiger partial charge < -0.3 is 15.6 Å². The number of benzene rings is 1. The Morgan fingerprint density at radius 3 is 2.29 bits per heavy atom. The number of phenols is 1. The van der Waals surface area contributed by atoms with Gasteiger partial charge in [-0.05, 0) is 45.4 Å². The second-order valence-corrected chi connectivity index (χ2v) is 6.78. The number of aromatic hydroxyl groups is 1. The van der Waals surface area contributed by atoms with Crippen LogP contribution < -0.4 is 10.5 Å². The first-order valence-corrected chi connectivity index (χ1v) is 9.04. The third kappa shape index (κ3) is 11.9. The van der Waals surface area contributed by atoms with Crippen molar-refractivity contribution >= 4 is 6.29 Å². The molecule has 0 aromatic heterocycles. The predicted molar refractivity (Wildman–Crippen MR) is 101 cm³/mol. The molecule has 0 heterocycles. The Kier molecular flexibility index (Phi) is 12.0. The van der Waals surface area contributed by atoms with E-state index in [0.29, 0.717) is 24.2 Å². The molecule has 138 valence electrons. The lowest BCUT2D eigenvalue weighted by molar-refractivity contribution is 0.112. The van der Waals surface area contributed by atoms with E-state index in [4.69, 9.17) is 10.5 Å². The minimum absolute atomic E-state index is 0.0464. The molecule has 0 aliphatic heterocycles. The standard InChI is InChI=1S/C11H25N.C9H10O3/c1-4-5-6-7-8-9-10-11(2,3)12;1-2-12-9-5-7(6-10)3-4-8(9)11/h4-10,12H2,1-3H3;3-6,11H,2H2,1H3. The normalized spacial score (nSPS) is 10.7. The molecule has 0 aliphatic carbocycles. The van der Waals surface area contributed by atoms with Gasteiger partial charge in [0, 0.05) is 11.1 Å². The Labute approximate surface area is 147 Å². The second-order valence-electron chi connectivity index (χ2n) is 6.78. The fourth-order valence-corrected chi connectivity index (χ4v) is 2.24. The molecule has 1 rings (SSSR count). The summed E-state index contributed by atoms with van der Waals surface area (Å²) >= 11 is 0. The Balaban J connectivity index is 0.000000441. The molecule has 0 atom stereocenters. The Morgan fingerprint density at radius 1 is 1.12 bits per heavy atom. The van der Waals surface area contributed by atoms with Crippen molar-refractivity contribution in [3.8, 4) is 11.5 Å². The van der Waals surface area contributed by atoms with E-state index in [9.17, 15) is 9.90 Å². The smallest absolute Gasteiger partial charge is 0.161 e. The molecule has 4 nitrogen and oxygen atoms in total. The fourth-order valence-electron chi connectivity index (χ4n) is 2.24. The van der Waals surface area contributed by atoms with Gasteiger partial charge in [-0.15, -0.1) is 0 Å². The zero-order chi connectivity index (χ0) is 18.4. The van der Waals surface area contributed by atoms with Crippen molar-refractivity contribution in [2.24, 2.45) is 5.73 Å². The fraction of sp³-hybridized carbons (Fsp3) is 0.650. The van der Waals surface area contributed by atoms with Crippen molar-refractivity contribution in [2.45, 2.75) is 78.2 Å². The molecule has 0 bridgehead atoms. The molecule has 0 unspecified atom stereocenters. The van der Waals surface area contributed by atoms with E-state index in [2.05, 4.69) is 20.8 Å². The second kappa shape index (κ2) is 12.8. The first kappa shape index (κ1) is 22.4. The maximum absolute atomic E-state index is 10.3. The highest BCUT2D eigenvalue weighted by Gasteiger charge is 2.08. The number of ether oxygens (including phenoxy) is 1. The Hall–Kier alpha value is -1.55. The van der Waals surface area contributed by atoms with Gasteiger partial charge in [0.2, 0.25) is 0 Å². The highest BCUT2D eigenvalue weighted by atomic mass is 16.5. The van der Waals surface area contributed by atoms with Crippen molar-refractivity contribution in [1.82, 2.24) is 0 Å². The molecular formula is C20H35NO3. The summed E-state index contributed by atoms with van der Waals surface area (Å²) in [4.78, 5) is 10.3. The van der Waals surface area contributed by atoms with Gasteiger partial charge >= 0.3 is 0 Å². The lowest BCUT2D eigenvalue weighted by atomic mass is 9.97. The molecule has 1 aromatic rings. The van der Waals surface area contributed by atoms with Gasteiger partial charge in [-0.1, -0.05) is 45.4 Å². The SMILES string of the molecule is CCCCCCCCC(C)(C)N.CCOc1cc(C=O)ccc1O. The van der Waals surface area contributed by atoms with Crippen LogP contribution in [0.4, 0.5) is 0 Å². The number of nitrogens with two attached hydrogens (primary N) is 1. The highest BCUT2D eigenvalue weighted by Crippen LogP contribution is 2.25. The molecule has 24 heavy (non-hydrogen) atoms. The molecule has 3 N–H and O–H groups in total. The number of unbranched alkanes of at least 4 members (excludes halogenated alkanes) is 5. The van der Waals surface area contributed by atoms with Gasteiger partial charge in [0.15, 0.2) is 11.5 Å². The summed E-state index contributed by atoms with van der Waals surface area (Å²) in [7, 11) is 0. The van der Waals surface area contributed by atoms with Crippen molar-refractivity contribution in [3.05, 3.63) is 23.8 Å². The monoisotopic (exact) mass is 337 g/mol. The molecule has 0 saturated carbocycles. The van der Waals surface area contributed by atoms with Crippen molar-refractivity contribution < 1.29 is 14.6 Å². The summed E-state index contributed by atoms with van der Waals surface area (Å²) in [5, 5.41) is 9.22. The van der Waals surface area contributed by atoms with Crippen LogP contribution in [0.3, 0.4) is 0 Å². The first-order chi connectivity index (χ1) is 11.3. The third-order valence-electron chi connectivity index (χ3n) is 3.59. The number of rotatable bonds is 10. The lowest BCUT2D eigenvalue weighted by Crippen LogP contribution is -2.31. The molecule has 4 heteroatoms. The third-order valence-corrected chi connectivity index (χ3v) is 3.59. The number of carbonyl (C=O) groups is 1. The largest absolute Gasteiger partial charge is 0.504 e. The summed E-state index contributed by atoms with van der Waals surface area (Å²) < 4.78 is 5.07. The van der Waals surface area contributed by atoms with Crippen LogP contribution in [0.2, 0.25) is 0 Å². The quantitative estimate of drug-likeness (QED) is 0.461. The van der Waals surface area contributed by atoms with E-state index in [-0.39, 0.29) is 11.3 Å². The molecule has 0 amide bonds. The minimum atomic E-state index is 0.0464. The number of carbonyl (C=O) groups excluding carboxylic acids is 1. The van der Waals surface area contributed by atoms with E-state index in [1.165, 1.54) is 63.1 Å². The average molecular weight is 338 g/mol. The molecule has 0 spiro atoms. The summed E-state index contributed by atoms with van der Waals surface area (Å²) in [5.41, 5.74) is 6.42. The van der Waals surface area contributed by atoms with Gasteiger partial charge in [-0.25, -0.2) is 0 Å². The lowest BCUT2D eigenvalue weighted by Gasteiger charge is -2.17. The van der Waals surface area contributed by atoms with E-state index in [1.807, 2.05) is 6.92 Å². The van der Waals surface area contributed by atoms with Crippen LogP contribution >= 0.6 is 0 Å². The number of hydrogen-bond acceptors (Lipinski definition) is 4. The van der Waals surface area contributed by atoms with Crippen molar-refractivity contribution in [1.29, 1.82) is 0 Å². The Morgan fingerprint density at radius 2 is 1.75 bits per heavy atom. The van der Waals surface area contributed by atoms with Gasteiger partial charge in [-0.3, -0.25) is 4.79 Å². The van der Waals surface area contributed by atoms with Crippen LogP contribution in [0, 0.1) is 0 Å². The van der Waals surface area contributed by atoms with E-state index in [1.54, 1.807) is 0 Å². The minimum Gasteiger partial charge on any atom is -0.504 e. The van der Waals surface area contributed by atoms with Gasteiger partial charge in [0.1, 0.15) is 6.29 Å². The van der Waals surface area contributed by atoms with Crippen LogP contribution in [0.25, 0.3) is 0 Å². The van der Waals surface area contributed by atoms with Gasteiger partial charge in [0.25, 0.3) is 0 Å². The highest BCUT2D eigenvalue weighted by molar-refractivity contribution is 5.76. The number of hydrogen-bond donors (Lipinski definition) is 2. The molecule has 1 aromatic carbocycles. The van der Waals surface area contributed by atoms with Gasteiger partial charge in [0.05, 0.1) is 6.61 Å². The van der Waals surface area contributed by atoms with E-state index >= 15 is 0 Å². The maximum Gasteiger partial charge on any atom is 0.161 e. The van der Waals surface area contributed by atoms with Crippen LogP contribution in [0.1, 0.15) is 83.0 Å². The van der Waals surface area contributed by atoms with Crippen LogP contribution in [0.15, 0.2) is 18.2 Å². The van der Waals surface area contributed by atoms with Crippen LogP contribution in [-0.2, 0) is 0 Å². The van der Waals surface area contributed by atoms with Crippen molar-refractivity contribution in [3.63, 3.8) is 0 Å². The first-order valence-electron chi connectivity index (χ1n) is 9.04. The van der Waals surface area contributed by atoms with Crippen LogP contribution in [-0.4, -0.2) is 23.5 Å². The molecule has 0 radical (unpaired) electrons. The summed E-state index contributed by atoms with van der Waals surface area (Å²) in [6.07, 6.45) is 10.1.